The van der Waals surface area contributed by atoms with Crippen molar-refractivity contribution >= 4 is 41.8 Å². The predicted molar refractivity (Wildman–Crippen MR) is 92.8 cm³/mol. The van der Waals surface area contributed by atoms with Gasteiger partial charge < -0.3 is 0 Å². The van der Waals surface area contributed by atoms with Crippen LogP contribution in [0.3, 0.4) is 0 Å². The first-order valence-electron chi connectivity index (χ1n) is 5.94. The lowest BCUT2D eigenvalue weighted by atomic mass is 10.2. The van der Waals surface area contributed by atoms with Gasteiger partial charge in [-0.2, -0.15) is 0 Å². The minimum atomic E-state index is 0.620. The van der Waals surface area contributed by atoms with Gasteiger partial charge in [-0.25, -0.2) is 0 Å². The number of hydrogen-bond acceptors (Lipinski definition) is 6. The van der Waals surface area contributed by atoms with Gasteiger partial charge in [0, 0.05) is 19.7 Å². The Morgan fingerprint density at radius 3 is 1.40 bits per heavy atom. The highest BCUT2D eigenvalue weighted by Crippen LogP contribution is 2.44. The summed E-state index contributed by atoms with van der Waals surface area (Å²) in [6.07, 6.45) is 0. The van der Waals surface area contributed by atoms with Crippen LogP contribution in [0.25, 0.3) is 0 Å². The van der Waals surface area contributed by atoms with E-state index in [-0.39, 0.29) is 0 Å². The third-order valence-corrected chi connectivity index (χ3v) is 6.99. The van der Waals surface area contributed by atoms with Crippen molar-refractivity contribution in [2.45, 2.75) is 13.2 Å². The molecule has 0 aliphatic heterocycles. The van der Waals surface area contributed by atoms with Crippen LogP contribution in [0, 0.1) is 0 Å². The van der Waals surface area contributed by atoms with Gasteiger partial charge in [0.15, 0.2) is 0 Å². The predicted octanol–water partition coefficient (Wildman–Crippen LogP) is 5.93. The van der Waals surface area contributed by atoms with E-state index in [0.717, 1.165) is 0 Å². The first-order chi connectivity index (χ1) is 9.95. The second kappa shape index (κ2) is 10.5. The molecule has 0 atom stereocenters. The Morgan fingerprint density at radius 1 is 0.600 bits per heavy atom. The SMILES string of the molecule is c1ccc(COSSSSOCc2ccccc2)cc1. The summed E-state index contributed by atoms with van der Waals surface area (Å²) in [5.41, 5.74) is 2.36. The maximum Gasteiger partial charge on any atom is 0.0875 e. The molecular weight excluding hydrogens is 328 g/mol. The largest absolute Gasteiger partial charge is 0.300 e. The van der Waals surface area contributed by atoms with Crippen LogP contribution in [-0.2, 0) is 21.6 Å². The van der Waals surface area contributed by atoms with Gasteiger partial charge in [-0.1, -0.05) is 60.7 Å². The molecule has 0 saturated heterocycles. The van der Waals surface area contributed by atoms with Crippen molar-refractivity contribution in [3.05, 3.63) is 71.8 Å². The molecule has 0 radical (unpaired) electrons. The van der Waals surface area contributed by atoms with E-state index < -0.39 is 0 Å². The lowest BCUT2D eigenvalue weighted by molar-refractivity contribution is 0.369. The third kappa shape index (κ3) is 6.97. The Labute approximate surface area is 135 Å². The maximum absolute atomic E-state index is 5.47. The summed E-state index contributed by atoms with van der Waals surface area (Å²) in [6, 6.07) is 20.3. The van der Waals surface area contributed by atoms with Gasteiger partial charge in [0.05, 0.1) is 35.4 Å². The zero-order chi connectivity index (χ0) is 13.9. The third-order valence-electron chi connectivity index (χ3n) is 2.32. The van der Waals surface area contributed by atoms with Crippen molar-refractivity contribution in [3.63, 3.8) is 0 Å². The summed E-state index contributed by atoms with van der Waals surface area (Å²) in [6.45, 7) is 1.24. The van der Waals surface area contributed by atoms with Crippen LogP contribution in [0.15, 0.2) is 60.7 Å². The van der Waals surface area contributed by atoms with E-state index in [9.17, 15) is 0 Å². The Bertz CT molecular complexity index is 422. The van der Waals surface area contributed by atoms with Crippen LogP contribution in [-0.4, -0.2) is 0 Å². The average Bonchev–Trinajstić information content (AvgIpc) is 2.52. The van der Waals surface area contributed by atoms with E-state index in [0.29, 0.717) is 13.2 Å². The second-order valence-corrected chi connectivity index (χ2v) is 8.87. The Kier molecular flexibility index (Phi) is 8.46. The molecule has 0 spiro atoms. The molecule has 0 unspecified atom stereocenters. The first-order valence-corrected chi connectivity index (χ1v) is 10.6. The Hall–Kier alpha value is -0.240. The van der Waals surface area contributed by atoms with E-state index in [1.54, 1.807) is 19.7 Å². The van der Waals surface area contributed by atoms with Gasteiger partial charge >= 0.3 is 0 Å². The first kappa shape index (κ1) is 16.1. The topological polar surface area (TPSA) is 18.5 Å². The highest BCUT2D eigenvalue weighted by atomic mass is 33.7. The standard InChI is InChI=1S/C14H14O2S4/c1-3-7-13(8-4-1)11-15-17-19-20-18-16-12-14-9-5-2-6-10-14/h1-10H,11-12H2. The van der Waals surface area contributed by atoms with E-state index in [1.165, 1.54) is 33.3 Å². The zero-order valence-corrected chi connectivity index (χ0v) is 13.9. The van der Waals surface area contributed by atoms with Crippen LogP contribution in [0.1, 0.15) is 11.1 Å². The minimum Gasteiger partial charge on any atom is -0.300 e. The maximum atomic E-state index is 5.47. The fraction of sp³-hybridized carbons (Fsp3) is 0.143. The molecule has 0 aliphatic rings. The molecule has 0 amide bonds. The minimum absolute atomic E-state index is 0.620. The molecule has 0 bridgehead atoms. The molecule has 20 heavy (non-hydrogen) atoms. The lowest BCUT2D eigenvalue weighted by Crippen LogP contribution is -1.83. The number of rotatable bonds is 9. The van der Waals surface area contributed by atoms with Crippen LogP contribution < -0.4 is 0 Å². The van der Waals surface area contributed by atoms with Crippen LogP contribution in [0.2, 0.25) is 0 Å². The molecule has 0 N–H and O–H groups in total. The van der Waals surface area contributed by atoms with Crippen molar-refractivity contribution < 1.29 is 8.37 Å². The summed E-state index contributed by atoms with van der Waals surface area (Å²) in [4.78, 5) is 0. The fourth-order valence-corrected chi connectivity index (χ4v) is 4.89. The normalized spacial score (nSPS) is 10.6. The highest BCUT2D eigenvalue weighted by Gasteiger charge is 1.97. The van der Waals surface area contributed by atoms with Crippen LogP contribution in [0.5, 0.6) is 0 Å². The summed E-state index contributed by atoms with van der Waals surface area (Å²) in [5, 5.41) is 0. The quantitative estimate of drug-likeness (QED) is 0.317. The molecule has 0 heterocycles. The van der Waals surface area contributed by atoms with Crippen LogP contribution >= 0.6 is 41.8 Å². The van der Waals surface area contributed by atoms with Crippen molar-refractivity contribution in [1.82, 2.24) is 0 Å². The summed E-state index contributed by atoms with van der Waals surface area (Å²) < 4.78 is 10.9. The summed E-state index contributed by atoms with van der Waals surface area (Å²) >= 11 is 2.75. The lowest BCUT2D eigenvalue weighted by Gasteiger charge is -2.02. The Morgan fingerprint density at radius 2 is 1.00 bits per heavy atom. The van der Waals surface area contributed by atoms with E-state index >= 15 is 0 Å². The molecule has 0 fully saturated rings. The second-order valence-electron chi connectivity index (χ2n) is 3.77. The summed E-state index contributed by atoms with van der Waals surface area (Å²) in [7, 11) is 3.11. The summed E-state index contributed by atoms with van der Waals surface area (Å²) in [5.74, 6) is 0. The molecule has 0 aromatic heterocycles. The van der Waals surface area contributed by atoms with Gasteiger partial charge in [0.2, 0.25) is 0 Å². The average molecular weight is 343 g/mol. The van der Waals surface area contributed by atoms with Crippen LogP contribution in [0.4, 0.5) is 0 Å². The molecule has 0 saturated carbocycles. The molecule has 0 aliphatic carbocycles. The highest BCUT2D eigenvalue weighted by molar-refractivity contribution is 9.25. The molecule has 106 valence electrons. The van der Waals surface area contributed by atoms with Gasteiger partial charge in [0.1, 0.15) is 0 Å². The number of hydrogen-bond donors (Lipinski definition) is 0. The van der Waals surface area contributed by atoms with Crippen molar-refractivity contribution in [2.24, 2.45) is 0 Å². The molecular formula is C14H14O2S4. The van der Waals surface area contributed by atoms with Gasteiger partial charge in [0.25, 0.3) is 0 Å². The smallest absolute Gasteiger partial charge is 0.0875 e. The van der Waals surface area contributed by atoms with E-state index in [2.05, 4.69) is 24.3 Å². The molecule has 2 nitrogen and oxygen atoms in total. The van der Waals surface area contributed by atoms with Gasteiger partial charge in [-0.15, -0.1) is 0 Å². The van der Waals surface area contributed by atoms with E-state index in [4.69, 9.17) is 8.37 Å². The zero-order valence-electron chi connectivity index (χ0n) is 10.6. The molecule has 6 heteroatoms. The van der Waals surface area contributed by atoms with Crippen molar-refractivity contribution in [2.75, 3.05) is 0 Å². The monoisotopic (exact) mass is 342 g/mol. The molecule has 2 aromatic carbocycles. The van der Waals surface area contributed by atoms with Gasteiger partial charge in [-0.05, 0) is 11.1 Å². The van der Waals surface area contributed by atoms with Crippen molar-refractivity contribution in [3.8, 4) is 0 Å². The molecule has 2 aromatic rings. The van der Waals surface area contributed by atoms with Gasteiger partial charge in [-0.3, -0.25) is 8.37 Å². The van der Waals surface area contributed by atoms with E-state index in [1.807, 2.05) is 36.4 Å². The molecule has 2 rings (SSSR count). The fourth-order valence-electron chi connectivity index (χ4n) is 1.39. The number of benzene rings is 2. The Balaban J connectivity index is 1.44. The van der Waals surface area contributed by atoms with Crippen molar-refractivity contribution in [1.29, 1.82) is 0 Å².